The summed E-state index contributed by atoms with van der Waals surface area (Å²) >= 11 is 0. The standard InChI is InChI=1S/C18H15F3N2O2/c1-10(2)17-23-14-9-13(6-7-15(14)25-17)22-16(24)11-4-3-5-12(8-11)18(19,20)21/h3-10H,1-2H3,(H,22,24). The van der Waals surface area contributed by atoms with Gasteiger partial charge in [-0.05, 0) is 36.4 Å². The molecule has 0 aliphatic rings. The topological polar surface area (TPSA) is 55.1 Å². The molecule has 0 atom stereocenters. The maximum atomic E-state index is 12.7. The lowest BCUT2D eigenvalue weighted by Crippen LogP contribution is -2.13. The van der Waals surface area contributed by atoms with E-state index in [9.17, 15) is 18.0 Å². The van der Waals surface area contributed by atoms with Gasteiger partial charge >= 0.3 is 6.18 Å². The number of fused-ring (bicyclic) bond motifs is 1. The van der Waals surface area contributed by atoms with Crippen molar-refractivity contribution < 1.29 is 22.4 Å². The third-order valence-electron chi connectivity index (χ3n) is 3.61. The summed E-state index contributed by atoms with van der Waals surface area (Å²) in [7, 11) is 0. The average Bonchev–Trinajstić information content (AvgIpc) is 2.98. The summed E-state index contributed by atoms with van der Waals surface area (Å²) in [6, 6.07) is 9.17. The highest BCUT2D eigenvalue weighted by molar-refractivity contribution is 6.05. The van der Waals surface area contributed by atoms with Gasteiger partial charge < -0.3 is 9.73 Å². The number of carbonyl (C=O) groups excluding carboxylic acids is 1. The first-order valence-electron chi connectivity index (χ1n) is 7.63. The van der Waals surface area contributed by atoms with E-state index in [1.54, 1.807) is 18.2 Å². The zero-order chi connectivity index (χ0) is 18.2. The molecular formula is C18H15F3N2O2. The van der Waals surface area contributed by atoms with Crippen LogP contribution in [0.2, 0.25) is 0 Å². The van der Waals surface area contributed by atoms with Gasteiger partial charge in [0.05, 0.1) is 5.56 Å². The fraction of sp³-hybridized carbons (Fsp3) is 0.222. The molecule has 0 aliphatic heterocycles. The number of halogens is 3. The second kappa shape index (κ2) is 6.23. The number of carbonyl (C=O) groups is 1. The number of benzene rings is 2. The van der Waals surface area contributed by atoms with Crippen LogP contribution in [0.5, 0.6) is 0 Å². The molecule has 0 saturated carbocycles. The van der Waals surface area contributed by atoms with Crippen LogP contribution in [0.1, 0.15) is 41.6 Å². The van der Waals surface area contributed by atoms with E-state index < -0.39 is 17.6 Å². The Hall–Kier alpha value is -2.83. The molecule has 0 spiro atoms. The molecule has 3 aromatic rings. The van der Waals surface area contributed by atoms with E-state index in [0.717, 1.165) is 12.1 Å². The summed E-state index contributed by atoms with van der Waals surface area (Å²) in [6.07, 6.45) is -4.50. The number of hydrogen-bond donors (Lipinski definition) is 1. The molecule has 0 fully saturated rings. The number of alkyl halides is 3. The molecule has 0 radical (unpaired) electrons. The van der Waals surface area contributed by atoms with Gasteiger partial charge in [0.15, 0.2) is 11.5 Å². The lowest BCUT2D eigenvalue weighted by molar-refractivity contribution is -0.137. The van der Waals surface area contributed by atoms with E-state index in [1.807, 2.05) is 13.8 Å². The lowest BCUT2D eigenvalue weighted by Gasteiger charge is -2.09. The first-order chi connectivity index (χ1) is 11.7. The summed E-state index contributed by atoms with van der Waals surface area (Å²) in [5, 5.41) is 2.58. The average molecular weight is 348 g/mol. The Morgan fingerprint density at radius 1 is 1.16 bits per heavy atom. The summed E-state index contributed by atoms with van der Waals surface area (Å²) in [4.78, 5) is 16.6. The van der Waals surface area contributed by atoms with E-state index in [1.165, 1.54) is 12.1 Å². The van der Waals surface area contributed by atoms with Gasteiger partial charge in [-0.2, -0.15) is 13.2 Å². The Kier molecular flexibility index (Phi) is 4.24. The van der Waals surface area contributed by atoms with E-state index >= 15 is 0 Å². The van der Waals surface area contributed by atoms with Crippen LogP contribution in [0.3, 0.4) is 0 Å². The van der Waals surface area contributed by atoms with Crippen molar-refractivity contribution in [3.8, 4) is 0 Å². The molecule has 25 heavy (non-hydrogen) atoms. The third kappa shape index (κ3) is 3.65. The summed E-state index contributed by atoms with van der Waals surface area (Å²) in [5.74, 6) is 0.0740. The van der Waals surface area contributed by atoms with Gasteiger partial charge in [-0.25, -0.2) is 4.98 Å². The van der Waals surface area contributed by atoms with Gasteiger partial charge in [0, 0.05) is 17.2 Å². The first-order valence-corrected chi connectivity index (χ1v) is 7.63. The van der Waals surface area contributed by atoms with Crippen LogP contribution in [-0.4, -0.2) is 10.9 Å². The normalized spacial score (nSPS) is 11.9. The number of oxazole rings is 1. The number of amides is 1. The molecule has 1 N–H and O–H groups in total. The zero-order valence-corrected chi connectivity index (χ0v) is 13.5. The van der Waals surface area contributed by atoms with Gasteiger partial charge in [-0.1, -0.05) is 19.9 Å². The Bertz CT molecular complexity index is 929. The van der Waals surface area contributed by atoms with Crippen LogP contribution >= 0.6 is 0 Å². The second-order valence-corrected chi connectivity index (χ2v) is 5.92. The third-order valence-corrected chi connectivity index (χ3v) is 3.61. The van der Waals surface area contributed by atoms with Gasteiger partial charge in [0.25, 0.3) is 5.91 Å². The van der Waals surface area contributed by atoms with Crippen molar-refractivity contribution in [1.29, 1.82) is 0 Å². The van der Waals surface area contributed by atoms with Crippen molar-refractivity contribution in [1.82, 2.24) is 4.98 Å². The Morgan fingerprint density at radius 3 is 2.60 bits per heavy atom. The van der Waals surface area contributed by atoms with Crippen LogP contribution in [0.15, 0.2) is 46.9 Å². The minimum absolute atomic E-state index is 0.0713. The van der Waals surface area contributed by atoms with Crippen LogP contribution < -0.4 is 5.32 Å². The highest BCUT2D eigenvalue weighted by atomic mass is 19.4. The fourth-order valence-electron chi connectivity index (χ4n) is 2.31. The molecule has 0 bridgehead atoms. The molecule has 130 valence electrons. The van der Waals surface area contributed by atoms with Crippen molar-refractivity contribution in [2.24, 2.45) is 0 Å². The largest absolute Gasteiger partial charge is 0.440 e. The molecule has 0 saturated heterocycles. The quantitative estimate of drug-likeness (QED) is 0.706. The Balaban J connectivity index is 1.84. The van der Waals surface area contributed by atoms with Crippen molar-refractivity contribution in [2.75, 3.05) is 5.32 Å². The number of rotatable bonds is 3. The minimum atomic E-state index is -4.50. The summed E-state index contributed by atoms with van der Waals surface area (Å²) in [6.45, 7) is 3.89. The number of nitrogens with zero attached hydrogens (tertiary/aromatic N) is 1. The molecule has 4 nitrogen and oxygen atoms in total. The van der Waals surface area contributed by atoms with Crippen LogP contribution in [0.25, 0.3) is 11.1 Å². The second-order valence-electron chi connectivity index (χ2n) is 5.92. The smallest absolute Gasteiger partial charge is 0.416 e. The zero-order valence-electron chi connectivity index (χ0n) is 13.5. The summed E-state index contributed by atoms with van der Waals surface area (Å²) in [5.41, 5.74) is 0.649. The molecule has 3 rings (SSSR count). The molecule has 0 unspecified atom stereocenters. The fourth-order valence-corrected chi connectivity index (χ4v) is 2.31. The highest BCUT2D eigenvalue weighted by Crippen LogP contribution is 2.30. The lowest BCUT2D eigenvalue weighted by atomic mass is 10.1. The van der Waals surface area contributed by atoms with Crippen LogP contribution in [-0.2, 0) is 6.18 Å². The van der Waals surface area contributed by atoms with Crippen LogP contribution in [0, 0.1) is 0 Å². The van der Waals surface area contributed by atoms with Crippen molar-refractivity contribution in [2.45, 2.75) is 25.9 Å². The molecule has 1 amide bonds. The molecule has 1 heterocycles. The maximum absolute atomic E-state index is 12.7. The molecule has 0 aliphatic carbocycles. The highest BCUT2D eigenvalue weighted by Gasteiger charge is 2.30. The predicted molar refractivity (Wildman–Crippen MR) is 87.5 cm³/mol. The van der Waals surface area contributed by atoms with Gasteiger partial charge in [-0.3, -0.25) is 4.79 Å². The SMILES string of the molecule is CC(C)c1nc2cc(NC(=O)c3cccc(C(F)(F)F)c3)ccc2o1. The van der Waals surface area contributed by atoms with E-state index in [4.69, 9.17) is 4.42 Å². The van der Waals surface area contributed by atoms with Crippen molar-refractivity contribution >= 4 is 22.7 Å². The van der Waals surface area contributed by atoms with Gasteiger partial charge in [0.2, 0.25) is 0 Å². The Labute approximate surface area is 141 Å². The van der Waals surface area contributed by atoms with Crippen LogP contribution in [0.4, 0.5) is 18.9 Å². The summed E-state index contributed by atoms with van der Waals surface area (Å²) < 4.78 is 43.8. The maximum Gasteiger partial charge on any atom is 0.416 e. The Morgan fingerprint density at radius 2 is 1.92 bits per heavy atom. The van der Waals surface area contributed by atoms with Gasteiger partial charge in [-0.15, -0.1) is 0 Å². The van der Waals surface area contributed by atoms with Crippen molar-refractivity contribution in [3.63, 3.8) is 0 Å². The molecular weight excluding hydrogens is 333 g/mol. The minimum Gasteiger partial charge on any atom is -0.440 e. The predicted octanol–water partition coefficient (Wildman–Crippen LogP) is 5.22. The molecule has 1 aromatic heterocycles. The first kappa shape index (κ1) is 17.0. The molecule has 2 aromatic carbocycles. The van der Waals surface area contributed by atoms with Gasteiger partial charge in [0.1, 0.15) is 5.52 Å². The number of aromatic nitrogens is 1. The van der Waals surface area contributed by atoms with E-state index in [0.29, 0.717) is 22.7 Å². The van der Waals surface area contributed by atoms with E-state index in [-0.39, 0.29) is 11.5 Å². The molecule has 7 heteroatoms. The monoisotopic (exact) mass is 348 g/mol. The van der Waals surface area contributed by atoms with Crippen molar-refractivity contribution in [3.05, 3.63) is 59.5 Å². The number of anilines is 1. The number of nitrogens with one attached hydrogen (secondary N) is 1. The van der Waals surface area contributed by atoms with E-state index in [2.05, 4.69) is 10.3 Å². The number of hydrogen-bond acceptors (Lipinski definition) is 3.